The van der Waals surface area contributed by atoms with E-state index in [0.29, 0.717) is 10.0 Å². The van der Waals surface area contributed by atoms with Crippen molar-refractivity contribution in [2.24, 2.45) is 0 Å². The summed E-state index contributed by atoms with van der Waals surface area (Å²) in [5.74, 6) is -0.281. The smallest absolute Gasteiger partial charge is 0.242 e. The summed E-state index contributed by atoms with van der Waals surface area (Å²) in [5.41, 5.74) is 3.97. The molecule has 0 aliphatic carbocycles. The van der Waals surface area contributed by atoms with Gasteiger partial charge in [0.2, 0.25) is 11.8 Å². The van der Waals surface area contributed by atoms with Gasteiger partial charge in [-0.25, -0.2) is 0 Å². The van der Waals surface area contributed by atoms with E-state index in [-0.39, 0.29) is 30.8 Å². The van der Waals surface area contributed by atoms with Crippen LogP contribution in [-0.2, 0) is 22.6 Å². The third-order valence-electron chi connectivity index (χ3n) is 5.14. The topological polar surface area (TPSA) is 49.4 Å². The van der Waals surface area contributed by atoms with Crippen molar-refractivity contribution < 1.29 is 9.59 Å². The van der Waals surface area contributed by atoms with E-state index >= 15 is 0 Å². The standard InChI is InChI=1S/C24H30Cl2N2O2/c1-6-17(4)27-24(30)18(5)28(14-19-7-8-21(25)22(26)12-19)23(29)13-20-10-15(2)9-16(3)11-20/h7-12,17-18H,6,13-14H2,1-5H3,(H,27,30)/t17-,18-/m1/s1. The summed E-state index contributed by atoms with van der Waals surface area (Å²) >= 11 is 12.2. The van der Waals surface area contributed by atoms with Crippen molar-refractivity contribution in [1.29, 1.82) is 0 Å². The second kappa shape index (κ2) is 10.8. The fourth-order valence-corrected chi connectivity index (χ4v) is 3.65. The molecule has 2 rings (SSSR count). The van der Waals surface area contributed by atoms with Crippen LogP contribution in [0.15, 0.2) is 36.4 Å². The molecule has 0 aliphatic heterocycles. The molecule has 0 spiro atoms. The predicted molar refractivity (Wildman–Crippen MR) is 124 cm³/mol. The minimum absolute atomic E-state index is 0.0429. The largest absolute Gasteiger partial charge is 0.352 e. The van der Waals surface area contributed by atoms with Crippen LogP contribution in [0.2, 0.25) is 10.0 Å². The number of benzene rings is 2. The molecule has 0 saturated heterocycles. The van der Waals surface area contributed by atoms with Gasteiger partial charge in [0.05, 0.1) is 16.5 Å². The maximum absolute atomic E-state index is 13.3. The summed E-state index contributed by atoms with van der Waals surface area (Å²) in [5, 5.41) is 3.85. The van der Waals surface area contributed by atoms with E-state index in [9.17, 15) is 9.59 Å². The second-order valence-corrected chi connectivity index (χ2v) is 8.75. The van der Waals surface area contributed by atoms with Gasteiger partial charge in [0.15, 0.2) is 0 Å². The molecule has 2 aromatic rings. The van der Waals surface area contributed by atoms with Crippen LogP contribution in [0.3, 0.4) is 0 Å². The average molecular weight is 449 g/mol. The zero-order chi connectivity index (χ0) is 22.4. The number of halogens is 2. The van der Waals surface area contributed by atoms with Gasteiger partial charge in [-0.05, 0) is 57.4 Å². The minimum Gasteiger partial charge on any atom is -0.352 e. The summed E-state index contributed by atoms with van der Waals surface area (Å²) in [6.07, 6.45) is 1.05. The van der Waals surface area contributed by atoms with Crippen LogP contribution in [0.4, 0.5) is 0 Å². The first-order chi connectivity index (χ1) is 14.1. The molecule has 0 aliphatic rings. The van der Waals surface area contributed by atoms with Crippen LogP contribution < -0.4 is 5.32 Å². The number of nitrogens with zero attached hydrogens (tertiary/aromatic N) is 1. The molecule has 4 nitrogen and oxygen atoms in total. The van der Waals surface area contributed by atoms with Gasteiger partial charge >= 0.3 is 0 Å². The van der Waals surface area contributed by atoms with Crippen LogP contribution in [0, 0.1) is 13.8 Å². The van der Waals surface area contributed by atoms with Crippen LogP contribution in [-0.4, -0.2) is 28.8 Å². The van der Waals surface area contributed by atoms with Crippen LogP contribution >= 0.6 is 23.2 Å². The van der Waals surface area contributed by atoms with Crippen molar-refractivity contribution in [2.75, 3.05) is 0 Å². The Bertz CT molecular complexity index is 894. The molecular weight excluding hydrogens is 419 g/mol. The van der Waals surface area contributed by atoms with Crippen molar-refractivity contribution in [2.45, 2.75) is 66.1 Å². The summed E-state index contributed by atoms with van der Waals surface area (Å²) < 4.78 is 0. The number of carbonyl (C=O) groups excluding carboxylic acids is 2. The molecule has 0 radical (unpaired) electrons. The molecule has 6 heteroatoms. The van der Waals surface area contributed by atoms with Crippen LogP contribution in [0.25, 0.3) is 0 Å². The molecule has 2 aromatic carbocycles. The van der Waals surface area contributed by atoms with Crippen molar-refractivity contribution in [3.8, 4) is 0 Å². The summed E-state index contributed by atoms with van der Waals surface area (Å²) in [4.78, 5) is 27.7. The van der Waals surface area contributed by atoms with Crippen molar-refractivity contribution >= 4 is 35.0 Å². The molecule has 0 fully saturated rings. The number of hydrogen-bond donors (Lipinski definition) is 1. The van der Waals surface area contributed by atoms with E-state index in [1.165, 1.54) is 0 Å². The Morgan fingerprint density at radius 3 is 2.17 bits per heavy atom. The normalized spacial score (nSPS) is 12.9. The Balaban J connectivity index is 2.29. The van der Waals surface area contributed by atoms with E-state index < -0.39 is 6.04 Å². The molecule has 0 saturated carbocycles. The van der Waals surface area contributed by atoms with Crippen LogP contribution in [0.5, 0.6) is 0 Å². The lowest BCUT2D eigenvalue weighted by atomic mass is 10.0. The molecule has 1 N–H and O–H groups in total. The Labute approximate surface area is 189 Å². The van der Waals surface area contributed by atoms with E-state index in [0.717, 1.165) is 28.7 Å². The van der Waals surface area contributed by atoms with Gasteiger partial charge in [-0.15, -0.1) is 0 Å². The summed E-state index contributed by atoms with van der Waals surface area (Å²) in [6.45, 7) is 10.0. The third kappa shape index (κ3) is 6.75. The maximum Gasteiger partial charge on any atom is 0.242 e. The highest BCUT2D eigenvalue weighted by atomic mass is 35.5. The average Bonchev–Trinajstić information content (AvgIpc) is 2.67. The van der Waals surface area contributed by atoms with E-state index in [2.05, 4.69) is 11.4 Å². The quantitative estimate of drug-likeness (QED) is 0.580. The van der Waals surface area contributed by atoms with Gasteiger partial charge in [-0.3, -0.25) is 9.59 Å². The Morgan fingerprint density at radius 2 is 1.60 bits per heavy atom. The number of aryl methyl sites for hydroxylation is 2. The zero-order valence-electron chi connectivity index (χ0n) is 18.3. The number of amides is 2. The summed E-state index contributed by atoms with van der Waals surface area (Å²) in [7, 11) is 0. The van der Waals surface area contributed by atoms with Gasteiger partial charge in [-0.1, -0.05) is 65.5 Å². The Kier molecular flexibility index (Phi) is 8.75. The molecule has 162 valence electrons. The van der Waals surface area contributed by atoms with Gasteiger partial charge < -0.3 is 10.2 Å². The van der Waals surface area contributed by atoms with Gasteiger partial charge in [0, 0.05) is 12.6 Å². The van der Waals surface area contributed by atoms with Crippen molar-refractivity contribution in [1.82, 2.24) is 10.2 Å². The highest BCUT2D eigenvalue weighted by Gasteiger charge is 2.27. The van der Waals surface area contributed by atoms with Gasteiger partial charge in [0.25, 0.3) is 0 Å². The number of hydrogen-bond acceptors (Lipinski definition) is 2. The SMILES string of the molecule is CC[C@@H](C)NC(=O)[C@@H](C)N(Cc1ccc(Cl)c(Cl)c1)C(=O)Cc1cc(C)cc(C)c1. The third-order valence-corrected chi connectivity index (χ3v) is 5.88. The highest BCUT2D eigenvalue weighted by molar-refractivity contribution is 6.42. The first-order valence-electron chi connectivity index (χ1n) is 10.2. The lowest BCUT2D eigenvalue weighted by Crippen LogP contribution is -2.49. The van der Waals surface area contributed by atoms with E-state index in [1.807, 2.05) is 45.9 Å². The van der Waals surface area contributed by atoms with Gasteiger partial charge in [0.1, 0.15) is 6.04 Å². The number of carbonyl (C=O) groups is 2. The van der Waals surface area contributed by atoms with Crippen molar-refractivity contribution in [3.63, 3.8) is 0 Å². The molecule has 0 heterocycles. The first kappa shape index (κ1) is 24.2. The van der Waals surface area contributed by atoms with E-state index in [1.54, 1.807) is 24.0 Å². The highest BCUT2D eigenvalue weighted by Crippen LogP contribution is 2.24. The van der Waals surface area contributed by atoms with Crippen molar-refractivity contribution in [3.05, 3.63) is 68.7 Å². The van der Waals surface area contributed by atoms with Gasteiger partial charge in [-0.2, -0.15) is 0 Å². The molecular formula is C24H30Cl2N2O2. The zero-order valence-corrected chi connectivity index (χ0v) is 19.8. The first-order valence-corrected chi connectivity index (χ1v) is 11.0. The number of nitrogens with one attached hydrogen (secondary N) is 1. The Morgan fingerprint density at radius 1 is 0.967 bits per heavy atom. The molecule has 2 atom stereocenters. The number of rotatable bonds is 8. The molecule has 0 unspecified atom stereocenters. The fraction of sp³-hybridized carbons (Fsp3) is 0.417. The lowest BCUT2D eigenvalue weighted by molar-refractivity contribution is -0.140. The van der Waals surface area contributed by atoms with E-state index in [4.69, 9.17) is 23.2 Å². The maximum atomic E-state index is 13.3. The predicted octanol–water partition coefficient (Wildman–Crippen LogP) is 5.48. The Hall–Kier alpha value is -2.04. The fourth-order valence-electron chi connectivity index (χ4n) is 3.33. The minimum atomic E-state index is -0.619. The summed E-state index contributed by atoms with van der Waals surface area (Å²) in [6, 6.07) is 10.8. The second-order valence-electron chi connectivity index (χ2n) is 7.94. The monoisotopic (exact) mass is 448 g/mol. The molecule has 30 heavy (non-hydrogen) atoms. The lowest BCUT2D eigenvalue weighted by Gasteiger charge is -2.30. The molecule has 0 bridgehead atoms. The van der Waals surface area contributed by atoms with Crippen LogP contribution in [0.1, 0.15) is 49.4 Å². The molecule has 2 amide bonds. The molecule has 0 aromatic heterocycles.